The molecule has 0 aliphatic carbocycles. The molecule has 2 N–H and O–H groups in total. The summed E-state index contributed by atoms with van der Waals surface area (Å²) in [6.07, 6.45) is 0.798. The second kappa shape index (κ2) is 6.52. The van der Waals surface area contributed by atoms with Crippen molar-refractivity contribution in [2.45, 2.75) is 19.4 Å². The molecule has 0 bridgehead atoms. The number of nitrogens with two attached hydrogens (primary N) is 1. The monoisotopic (exact) mass is 275 g/mol. The maximum Gasteiger partial charge on any atom is 0.244 e. The van der Waals surface area contributed by atoms with E-state index in [1.807, 2.05) is 30.3 Å². The van der Waals surface area contributed by atoms with E-state index in [1.165, 1.54) is 0 Å². The van der Waals surface area contributed by atoms with Crippen LogP contribution in [-0.4, -0.2) is 47.8 Å². The highest BCUT2D eigenvalue weighted by Crippen LogP contribution is 2.14. The van der Waals surface area contributed by atoms with Crippen molar-refractivity contribution in [3.8, 4) is 0 Å². The van der Waals surface area contributed by atoms with Gasteiger partial charge in [0.05, 0.1) is 0 Å². The Bertz CT molecular complexity index is 475. The maximum atomic E-state index is 12.4. The first kappa shape index (κ1) is 14.5. The Labute approximate surface area is 119 Å². The topological polar surface area (TPSA) is 66.6 Å². The first-order valence-corrected chi connectivity index (χ1v) is 6.94. The lowest BCUT2D eigenvalue weighted by molar-refractivity contribution is -0.133. The molecule has 0 radical (unpaired) electrons. The van der Waals surface area contributed by atoms with Gasteiger partial charge in [-0.1, -0.05) is 30.3 Å². The van der Waals surface area contributed by atoms with E-state index in [2.05, 4.69) is 0 Å². The summed E-state index contributed by atoms with van der Waals surface area (Å²) in [5, 5.41) is 0. The Morgan fingerprint density at radius 2 is 1.65 bits per heavy atom. The third-order valence-corrected chi connectivity index (χ3v) is 3.68. The van der Waals surface area contributed by atoms with Gasteiger partial charge < -0.3 is 15.5 Å². The summed E-state index contributed by atoms with van der Waals surface area (Å²) in [5.74, 6) is -0.00624. The summed E-state index contributed by atoms with van der Waals surface area (Å²) >= 11 is 0. The molecule has 5 heteroatoms. The van der Waals surface area contributed by atoms with Gasteiger partial charge >= 0.3 is 0 Å². The second-order valence-corrected chi connectivity index (χ2v) is 5.07. The van der Waals surface area contributed by atoms with E-state index in [4.69, 9.17) is 5.73 Å². The number of benzene rings is 1. The Morgan fingerprint density at radius 1 is 1.05 bits per heavy atom. The van der Waals surface area contributed by atoms with Gasteiger partial charge in [-0.2, -0.15) is 0 Å². The maximum absolute atomic E-state index is 12.4. The first-order chi connectivity index (χ1) is 9.59. The van der Waals surface area contributed by atoms with Crippen LogP contribution in [0.15, 0.2) is 30.3 Å². The van der Waals surface area contributed by atoms with E-state index in [1.54, 1.807) is 16.7 Å². The number of rotatable bonds is 2. The van der Waals surface area contributed by atoms with Crippen LogP contribution in [0.3, 0.4) is 0 Å². The Morgan fingerprint density at radius 3 is 2.30 bits per heavy atom. The SMILES string of the molecule is CC(=O)N1CCCN(C(=O)[C@H](N)c2ccccc2)CC1. The van der Waals surface area contributed by atoms with Crippen molar-refractivity contribution in [2.24, 2.45) is 5.73 Å². The van der Waals surface area contributed by atoms with Gasteiger partial charge in [0.15, 0.2) is 0 Å². The zero-order valence-electron chi connectivity index (χ0n) is 11.8. The Kier molecular flexibility index (Phi) is 4.74. The van der Waals surface area contributed by atoms with Crippen LogP contribution in [0.4, 0.5) is 0 Å². The molecule has 1 aromatic rings. The molecule has 0 unspecified atom stereocenters. The lowest BCUT2D eigenvalue weighted by Crippen LogP contribution is -2.41. The van der Waals surface area contributed by atoms with Gasteiger partial charge in [-0.3, -0.25) is 9.59 Å². The van der Waals surface area contributed by atoms with Crippen LogP contribution in [0.2, 0.25) is 0 Å². The fourth-order valence-electron chi connectivity index (χ4n) is 2.45. The van der Waals surface area contributed by atoms with Gasteiger partial charge in [0, 0.05) is 33.1 Å². The highest BCUT2D eigenvalue weighted by Gasteiger charge is 2.25. The van der Waals surface area contributed by atoms with Crippen molar-refractivity contribution in [3.63, 3.8) is 0 Å². The minimum Gasteiger partial charge on any atom is -0.341 e. The molecule has 0 saturated carbocycles. The molecule has 1 aliphatic rings. The van der Waals surface area contributed by atoms with Crippen molar-refractivity contribution >= 4 is 11.8 Å². The number of hydrogen-bond acceptors (Lipinski definition) is 3. The third-order valence-electron chi connectivity index (χ3n) is 3.68. The largest absolute Gasteiger partial charge is 0.341 e. The Hall–Kier alpha value is -1.88. The molecule has 0 aromatic heterocycles. The van der Waals surface area contributed by atoms with Crippen LogP contribution < -0.4 is 5.73 Å². The summed E-state index contributed by atoms with van der Waals surface area (Å²) in [5.41, 5.74) is 6.87. The number of carbonyl (C=O) groups is 2. The van der Waals surface area contributed by atoms with Gasteiger partial charge in [0.2, 0.25) is 11.8 Å². The molecule has 5 nitrogen and oxygen atoms in total. The average molecular weight is 275 g/mol. The van der Waals surface area contributed by atoms with Gasteiger partial charge in [-0.15, -0.1) is 0 Å². The molecule has 1 aromatic carbocycles. The van der Waals surface area contributed by atoms with Crippen LogP contribution >= 0.6 is 0 Å². The lowest BCUT2D eigenvalue weighted by Gasteiger charge is -2.24. The summed E-state index contributed by atoms with van der Waals surface area (Å²) in [6.45, 7) is 4.07. The van der Waals surface area contributed by atoms with Crippen LogP contribution in [0, 0.1) is 0 Å². The van der Waals surface area contributed by atoms with Gasteiger partial charge in [-0.05, 0) is 12.0 Å². The second-order valence-electron chi connectivity index (χ2n) is 5.07. The molecule has 1 heterocycles. The molecule has 1 aliphatic heterocycles. The third kappa shape index (κ3) is 3.36. The van der Waals surface area contributed by atoms with Crippen molar-refractivity contribution in [2.75, 3.05) is 26.2 Å². The molecule has 20 heavy (non-hydrogen) atoms. The summed E-state index contributed by atoms with van der Waals surface area (Å²) in [4.78, 5) is 27.4. The van der Waals surface area contributed by atoms with E-state index < -0.39 is 6.04 Å². The summed E-state index contributed by atoms with van der Waals surface area (Å²) < 4.78 is 0. The number of amides is 2. The van der Waals surface area contributed by atoms with E-state index in [9.17, 15) is 9.59 Å². The molecule has 2 amide bonds. The van der Waals surface area contributed by atoms with Crippen molar-refractivity contribution in [1.29, 1.82) is 0 Å². The lowest BCUT2D eigenvalue weighted by atomic mass is 10.1. The quantitative estimate of drug-likeness (QED) is 0.867. The predicted octanol–water partition coefficient (Wildman–Crippen LogP) is 0.767. The van der Waals surface area contributed by atoms with Crippen molar-refractivity contribution < 1.29 is 9.59 Å². The predicted molar refractivity (Wildman–Crippen MR) is 76.8 cm³/mol. The van der Waals surface area contributed by atoms with E-state index in [-0.39, 0.29) is 11.8 Å². The number of hydrogen-bond donors (Lipinski definition) is 1. The molecule has 108 valence electrons. The summed E-state index contributed by atoms with van der Waals surface area (Å²) in [6, 6.07) is 8.76. The van der Waals surface area contributed by atoms with Crippen LogP contribution in [0.25, 0.3) is 0 Å². The molecule has 0 spiro atoms. The molecule has 1 fully saturated rings. The molecule has 1 saturated heterocycles. The van der Waals surface area contributed by atoms with Gasteiger partial charge in [0.25, 0.3) is 0 Å². The molecule has 1 atom stereocenters. The molecular formula is C15H21N3O2. The smallest absolute Gasteiger partial charge is 0.244 e. The normalized spacial score (nSPS) is 17.5. The highest BCUT2D eigenvalue weighted by molar-refractivity contribution is 5.83. The van der Waals surface area contributed by atoms with Crippen molar-refractivity contribution in [3.05, 3.63) is 35.9 Å². The minimum absolute atomic E-state index is 0.0617. The zero-order valence-corrected chi connectivity index (χ0v) is 11.8. The highest BCUT2D eigenvalue weighted by atomic mass is 16.2. The zero-order chi connectivity index (χ0) is 14.5. The number of carbonyl (C=O) groups excluding carboxylic acids is 2. The van der Waals surface area contributed by atoms with Crippen LogP contribution in [0.5, 0.6) is 0 Å². The van der Waals surface area contributed by atoms with Crippen molar-refractivity contribution in [1.82, 2.24) is 9.80 Å². The average Bonchev–Trinajstić information content (AvgIpc) is 2.72. The molecular weight excluding hydrogens is 254 g/mol. The van der Waals surface area contributed by atoms with Crippen LogP contribution in [-0.2, 0) is 9.59 Å². The fraction of sp³-hybridized carbons (Fsp3) is 0.467. The number of nitrogens with zero attached hydrogens (tertiary/aromatic N) is 2. The molecule has 2 rings (SSSR count). The van der Waals surface area contributed by atoms with Gasteiger partial charge in [-0.25, -0.2) is 0 Å². The standard InChI is InChI=1S/C15H21N3O2/c1-12(19)17-8-5-9-18(11-10-17)15(20)14(16)13-6-3-2-4-7-13/h2-4,6-7,14H,5,8-11,16H2,1H3/t14-/m1/s1. The van der Waals surface area contributed by atoms with E-state index in [0.717, 1.165) is 12.0 Å². The summed E-state index contributed by atoms with van der Waals surface area (Å²) in [7, 11) is 0. The van der Waals surface area contributed by atoms with E-state index >= 15 is 0 Å². The Balaban J connectivity index is 2.01. The minimum atomic E-state index is -0.625. The van der Waals surface area contributed by atoms with Gasteiger partial charge in [0.1, 0.15) is 6.04 Å². The van der Waals surface area contributed by atoms with E-state index in [0.29, 0.717) is 26.2 Å². The van der Waals surface area contributed by atoms with Crippen LogP contribution in [0.1, 0.15) is 24.9 Å². The fourth-order valence-corrected chi connectivity index (χ4v) is 2.45. The first-order valence-electron chi connectivity index (χ1n) is 6.94.